The number of hydrogen-bond donors (Lipinski definition) is 5. The Morgan fingerprint density at radius 1 is 0.927 bits per heavy atom. The molecule has 0 spiro atoms. The normalized spacial score (nSPS) is 20.1. The number of carboxylic acid groups (broad SMARTS) is 4. The zero-order valence-electron chi connectivity index (χ0n) is 22.8. The molecule has 0 amide bonds. The van der Waals surface area contributed by atoms with Crippen LogP contribution in [0.25, 0.3) is 0 Å². The van der Waals surface area contributed by atoms with Crippen LogP contribution in [0.15, 0.2) is 36.5 Å². The number of unbranched alkanes of at least 4 members (excludes halogenated alkanes) is 4. The predicted octanol–water partition coefficient (Wildman–Crippen LogP) is 2.71. The van der Waals surface area contributed by atoms with E-state index in [2.05, 4.69) is 23.8 Å². The first kappa shape index (κ1) is 35.0. The second-order valence-corrected chi connectivity index (χ2v) is 9.64. The second-order valence-electron chi connectivity index (χ2n) is 9.64. The van der Waals surface area contributed by atoms with E-state index in [9.17, 15) is 49.2 Å². The molecule has 5 atom stereocenters. The average Bonchev–Trinajstić information content (AvgIpc) is 3.26. The molecule has 0 aliphatic carbocycles. The summed E-state index contributed by atoms with van der Waals surface area (Å²) in [6, 6.07) is 0. The Morgan fingerprint density at radius 2 is 1.56 bits per heavy atom. The molecule has 1 saturated heterocycles. The van der Waals surface area contributed by atoms with Gasteiger partial charge in [-0.2, -0.15) is 0 Å². The molecule has 1 aliphatic rings. The lowest BCUT2D eigenvalue weighted by molar-refractivity contribution is -0.194. The molecule has 1 heterocycles. The van der Waals surface area contributed by atoms with Gasteiger partial charge in [0.2, 0.25) is 6.10 Å². The van der Waals surface area contributed by atoms with E-state index in [1.807, 2.05) is 12.2 Å². The van der Waals surface area contributed by atoms with Crippen molar-refractivity contribution in [3.05, 3.63) is 36.5 Å². The van der Waals surface area contributed by atoms with Gasteiger partial charge in [0.15, 0.2) is 5.60 Å². The van der Waals surface area contributed by atoms with Gasteiger partial charge in [-0.1, -0.05) is 50.1 Å². The Hall–Kier alpha value is -4.00. The third-order valence-electron chi connectivity index (χ3n) is 6.36. The van der Waals surface area contributed by atoms with Crippen LogP contribution >= 0.6 is 0 Å². The van der Waals surface area contributed by atoms with Gasteiger partial charge < -0.3 is 35.0 Å². The number of cyclic esters (lactones) is 1. The van der Waals surface area contributed by atoms with Crippen molar-refractivity contribution in [2.75, 3.05) is 0 Å². The molecule has 13 nitrogen and oxygen atoms in total. The van der Waals surface area contributed by atoms with Crippen molar-refractivity contribution in [1.29, 1.82) is 0 Å². The lowest BCUT2D eigenvalue weighted by Crippen LogP contribution is -2.53. The van der Waals surface area contributed by atoms with Crippen LogP contribution in [0.2, 0.25) is 0 Å². The first-order valence-electron chi connectivity index (χ1n) is 13.3. The van der Waals surface area contributed by atoms with Crippen molar-refractivity contribution in [2.45, 2.75) is 88.9 Å². The van der Waals surface area contributed by atoms with Crippen LogP contribution in [0.5, 0.6) is 0 Å². The van der Waals surface area contributed by atoms with Crippen molar-refractivity contribution in [3.63, 3.8) is 0 Å². The molecule has 1 fully saturated rings. The molecule has 0 bridgehead atoms. The Kier molecular flexibility index (Phi) is 15.1. The lowest BCUT2D eigenvalue weighted by Gasteiger charge is -2.30. The van der Waals surface area contributed by atoms with Gasteiger partial charge in [-0.25, -0.2) is 9.59 Å². The zero-order chi connectivity index (χ0) is 31.0. The molecule has 13 heteroatoms. The standard InChI is InChI=1S/C28H38O13/c1-2-3-4-5-6-7-8-9-10-11-12-13-14-18-15-20(26(37)40-18)28(39,17-22(31)32)27(38)41-23(25(35)36)19(24(33)34)16-21(29)30/h6-7,9-10,13-14,18-20,23,39H,2-5,8,11-12,15-17H2,1H3,(H,29,30)(H,31,32)(H,33,34)(H,35,36)/b7-6-,10-9-,14-13+/t18-,19-,20-,23+,28-/m1/s1. The molecule has 0 aromatic heterocycles. The van der Waals surface area contributed by atoms with E-state index in [-0.39, 0.29) is 6.42 Å². The van der Waals surface area contributed by atoms with Crippen LogP contribution in [0.3, 0.4) is 0 Å². The highest BCUT2D eigenvalue weighted by atomic mass is 16.6. The van der Waals surface area contributed by atoms with Crippen molar-refractivity contribution < 1.29 is 63.8 Å². The Balaban J connectivity index is 2.86. The van der Waals surface area contributed by atoms with Crippen molar-refractivity contribution >= 4 is 35.8 Å². The fraction of sp³-hybridized carbons (Fsp3) is 0.571. The number of hydrogen-bond acceptors (Lipinski definition) is 9. The van der Waals surface area contributed by atoms with Crippen LogP contribution < -0.4 is 0 Å². The van der Waals surface area contributed by atoms with Gasteiger partial charge in [-0.3, -0.25) is 19.2 Å². The van der Waals surface area contributed by atoms with Gasteiger partial charge >= 0.3 is 35.8 Å². The summed E-state index contributed by atoms with van der Waals surface area (Å²) in [5.41, 5.74) is -3.11. The number of aliphatic hydroxyl groups is 1. The molecule has 0 unspecified atom stereocenters. The summed E-state index contributed by atoms with van der Waals surface area (Å²) in [5, 5.41) is 47.8. The molecule has 41 heavy (non-hydrogen) atoms. The summed E-state index contributed by atoms with van der Waals surface area (Å²) in [6.45, 7) is 2.15. The number of allylic oxidation sites excluding steroid dienone is 5. The van der Waals surface area contributed by atoms with E-state index >= 15 is 0 Å². The largest absolute Gasteiger partial charge is 0.481 e. The number of esters is 2. The first-order valence-corrected chi connectivity index (χ1v) is 13.3. The smallest absolute Gasteiger partial charge is 0.345 e. The molecule has 0 aromatic carbocycles. The molecule has 1 rings (SSSR count). The van der Waals surface area contributed by atoms with Gasteiger partial charge in [0.25, 0.3) is 0 Å². The third-order valence-corrected chi connectivity index (χ3v) is 6.36. The number of aliphatic carboxylic acids is 4. The van der Waals surface area contributed by atoms with Gasteiger partial charge in [0, 0.05) is 6.42 Å². The average molecular weight is 583 g/mol. The Morgan fingerprint density at radius 3 is 2.12 bits per heavy atom. The topological polar surface area (TPSA) is 222 Å². The fourth-order valence-corrected chi connectivity index (χ4v) is 4.18. The zero-order valence-corrected chi connectivity index (χ0v) is 22.8. The van der Waals surface area contributed by atoms with Crippen molar-refractivity contribution in [2.24, 2.45) is 11.8 Å². The highest BCUT2D eigenvalue weighted by Gasteiger charge is 2.56. The molecular formula is C28H38O13. The van der Waals surface area contributed by atoms with Crippen LogP contribution in [0, 0.1) is 11.8 Å². The first-order chi connectivity index (χ1) is 19.3. The van der Waals surface area contributed by atoms with Gasteiger partial charge in [-0.05, 0) is 38.2 Å². The quantitative estimate of drug-likeness (QED) is 0.0792. The van der Waals surface area contributed by atoms with Gasteiger partial charge in [-0.15, -0.1) is 0 Å². The highest BCUT2D eigenvalue weighted by molar-refractivity contribution is 5.94. The SMILES string of the molecule is CCCCC/C=C\C/C=C\CC/C=C/[C@@H]1C[C@@H]([C@](O)(CC(=O)O)C(=O)O[C@H](C(=O)O)[C@@H](CC(=O)O)C(=O)O)C(=O)O1. The number of carbonyl (C=O) groups excluding carboxylic acids is 2. The molecule has 0 radical (unpaired) electrons. The summed E-state index contributed by atoms with van der Waals surface area (Å²) in [5.74, 6) is -14.5. The van der Waals surface area contributed by atoms with E-state index in [4.69, 9.17) is 9.84 Å². The Labute approximate surface area is 237 Å². The van der Waals surface area contributed by atoms with Crippen LogP contribution in [-0.4, -0.2) is 79.2 Å². The lowest BCUT2D eigenvalue weighted by atomic mass is 9.82. The Bertz CT molecular complexity index is 1030. The van der Waals surface area contributed by atoms with E-state index in [0.29, 0.717) is 12.8 Å². The van der Waals surface area contributed by atoms with E-state index in [1.54, 1.807) is 6.08 Å². The minimum Gasteiger partial charge on any atom is -0.481 e. The highest BCUT2D eigenvalue weighted by Crippen LogP contribution is 2.36. The number of ether oxygens (including phenoxy) is 2. The van der Waals surface area contributed by atoms with Crippen LogP contribution in [-0.2, 0) is 38.2 Å². The fourth-order valence-electron chi connectivity index (χ4n) is 4.18. The van der Waals surface area contributed by atoms with E-state index in [0.717, 1.165) is 12.8 Å². The monoisotopic (exact) mass is 582 g/mol. The maximum atomic E-state index is 12.9. The predicted molar refractivity (Wildman–Crippen MR) is 141 cm³/mol. The van der Waals surface area contributed by atoms with Crippen LogP contribution in [0.4, 0.5) is 0 Å². The molecule has 1 aliphatic heterocycles. The third kappa shape index (κ3) is 12.0. The maximum absolute atomic E-state index is 12.9. The van der Waals surface area contributed by atoms with E-state index < -0.39 is 78.3 Å². The minimum atomic E-state index is -3.11. The van der Waals surface area contributed by atoms with Gasteiger partial charge in [0.1, 0.15) is 17.9 Å². The number of carbonyl (C=O) groups is 6. The minimum absolute atomic E-state index is 0.345. The second kappa shape index (κ2) is 17.6. The van der Waals surface area contributed by atoms with Crippen molar-refractivity contribution in [3.8, 4) is 0 Å². The van der Waals surface area contributed by atoms with Crippen molar-refractivity contribution in [1.82, 2.24) is 0 Å². The summed E-state index contributed by atoms with van der Waals surface area (Å²) in [7, 11) is 0. The number of carboxylic acids is 4. The van der Waals surface area contributed by atoms with E-state index in [1.165, 1.54) is 25.3 Å². The molecule has 0 saturated carbocycles. The summed E-state index contributed by atoms with van der Waals surface area (Å²) in [6.07, 6.45) is 11.7. The maximum Gasteiger partial charge on any atom is 0.345 e. The summed E-state index contributed by atoms with van der Waals surface area (Å²) < 4.78 is 9.78. The molecule has 228 valence electrons. The molecule has 5 N–H and O–H groups in total. The van der Waals surface area contributed by atoms with Gasteiger partial charge in [0.05, 0.1) is 12.8 Å². The summed E-state index contributed by atoms with van der Waals surface area (Å²) in [4.78, 5) is 70.8. The number of rotatable bonds is 20. The molecule has 0 aromatic rings. The summed E-state index contributed by atoms with van der Waals surface area (Å²) >= 11 is 0. The van der Waals surface area contributed by atoms with Crippen LogP contribution in [0.1, 0.15) is 71.1 Å². The molecular weight excluding hydrogens is 544 g/mol.